The van der Waals surface area contributed by atoms with Crippen molar-refractivity contribution < 1.29 is 29.0 Å². The first kappa shape index (κ1) is 56.0. The molecule has 9 rings (SSSR count). The number of carbonyl (C=O) groups is 4. The van der Waals surface area contributed by atoms with Crippen molar-refractivity contribution >= 4 is 42.3 Å². The average Bonchev–Trinajstić information content (AvgIpc) is 4.18. The number of carboxylic acid groups (broad SMARTS) is 1. The number of fused-ring (bicyclic) bond motifs is 4. The van der Waals surface area contributed by atoms with Crippen molar-refractivity contribution in [1.82, 2.24) is 35.4 Å². The number of nitrogens with one attached hydrogen (secondary N) is 3. The molecule has 2 aromatic heterocycles. The fourth-order valence-corrected chi connectivity index (χ4v) is 9.37. The summed E-state index contributed by atoms with van der Waals surface area (Å²) in [4.78, 5) is 59.8. The fraction of sp³-hybridized carbons (Fsp3) is 0.558. The molecule has 2 aromatic carbocycles. The highest BCUT2D eigenvalue weighted by atomic mass is 16.5. The average molecular weight is 926 g/mol. The van der Waals surface area contributed by atoms with Gasteiger partial charge in [-0.1, -0.05) is 72.2 Å². The molecule has 0 radical (unpaired) electrons. The Morgan fingerprint density at radius 3 is 2.06 bits per heavy atom. The van der Waals surface area contributed by atoms with Crippen LogP contribution in [0, 0.1) is 11.8 Å². The molecular weight excluding hydrogens is 847 g/mol. The summed E-state index contributed by atoms with van der Waals surface area (Å²) in [7, 11) is 7.70. The minimum Gasteiger partial charge on any atom is -0.483 e. The Labute approximate surface area is 399 Å². The van der Waals surface area contributed by atoms with Crippen LogP contribution < -0.4 is 16.4 Å². The Morgan fingerprint density at radius 2 is 1.58 bits per heavy atom. The predicted molar refractivity (Wildman–Crippen MR) is 270 cm³/mol. The molecule has 2 saturated heterocycles. The molecule has 6 atom stereocenters. The van der Waals surface area contributed by atoms with Gasteiger partial charge in [-0.05, 0) is 143 Å². The topological polar surface area (TPSA) is 208 Å². The number of amides is 1. The van der Waals surface area contributed by atoms with Crippen LogP contribution in [0.4, 0.5) is 0 Å². The second kappa shape index (κ2) is 29.4. The number of likely N-dealkylation sites (N-methyl/N-ethyl adjacent to an activating group) is 2. The smallest absolute Gasteiger partial charge is 0.290 e. The maximum Gasteiger partial charge on any atom is 0.290 e. The van der Waals surface area contributed by atoms with Gasteiger partial charge in [-0.2, -0.15) is 0 Å². The molecule has 67 heavy (non-hydrogen) atoms. The number of pyridine rings is 1. The normalized spacial score (nSPS) is 21.3. The van der Waals surface area contributed by atoms with Gasteiger partial charge in [-0.25, -0.2) is 4.98 Å². The van der Waals surface area contributed by atoms with Crippen molar-refractivity contribution in [3.63, 3.8) is 0 Å². The maximum atomic E-state index is 10.1. The Hall–Kier alpha value is -5.35. The van der Waals surface area contributed by atoms with E-state index in [0.29, 0.717) is 30.2 Å². The summed E-state index contributed by atoms with van der Waals surface area (Å²) in [5.74, 6) is 4.12. The molecule has 1 saturated carbocycles. The molecule has 5 aliphatic rings. The molecule has 0 bridgehead atoms. The fourth-order valence-electron chi connectivity index (χ4n) is 9.37. The number of amidine groups is 1. The minimum absolute atomic E-state index is 0.0231. The molecular formula is C52H79N9O6. The molecule has 2 aliphatic carbocycles. The van der Waals surface area contributed by atoms with Gasteiger partial charge in [0.1, 0.15) is 30.8 Å². The molecule has 15 nitrogen and oxygen atoms in total. The van der Waals surface area contributed by atoms with E-state index in [1.807, 2.05) is 27.7 Å². The van der Waals surface area contributed by atoms with Gasteiger partial charge in [0.05, 0.1) is 47.4 Å². The highest BCUT2D eigenvalue weighted by Gasteiger charge is 2.42. The van der Waals surface area contributed by atoms with Crippen LogP contribution in [0.2, 0.25) is 0 Å². The number of nitrogens with two attached hydrogens (primary N) is 1. The monoisotopic (exact) mass is 926 g/mol. The zero-order valence-electron chi connectivity index (χ0n) is 41.8. The second-order valence-electron chi connectivity index (χ2n) is 17.5. The summed E-state index contributed by atoms with van der Waals surface area (Å²) < 4.78 is 4.32. The highest BCUT2D eigenvalue weighted by molar-refractivity contribution is 5.89. The van der Waals surface area contributed by atoms with Gasteiger partial charge in [0.2, 0.25) is 6.41 Å². The third-order valence-corrected chi connectivity index (χ3v) is 12.8. The predicted octanol–water partition coefficient (Wildman–Crippen LogP) is 7.75. The van der Waals surface area contributed by atoms with Crippen molar-refractivity contribution in [2.45, 2.75) is 123 Å². The number of imidazole rings is 1. The Balaban J connectivity index is 0.000000417. The van der Waals surface area contributed by atoms with Crippen LogP contribution >= 0.6 is 0 Å². The SMILES string of the molecule is CC.CCC.CN1CCCC1C1=NCC(c2ccc(-c3ccc(-c4ccc5nc([C@@H]6CCCN6C)[nH]c5c4)c4c3C3CCC3C4)nc2)N1.CNC(C=O)C(C)C.COCC=O.NC=O.O=CO. The third-order valence-electron chi connectivity index (χ3n) is 12.8. The standard InChI is InChI=1S/C36H41N7.C6H13NO.C3H6O2.C3H8.C2H6.CH3NO.CH2O2/c1-42-15-3-5-32(42)35-38-20-31(41-35)23-9-13-28(37-19-23)26-12-11-24(27-17-21-7-10-25(21)34(26)27)22-8-14-29-30(18-22)40-36(39-29)33-6-4-16-43(33)2;1-5(2)6(4-8)7-3;1-5-3-2-4;1-3-2;1-2;2*2-1-3/h8-9,11-14,18-19,21,25,31-33H,3-7,10,15-17,20H2,1-2H3,(H,38,41)(H,39,40);4-7H,1-3H3;2H,3H2,1H3;3H2,1-2H3;1-2H3;1H,(H2,2,3);1H,(H,2,3)/t21?,25?,31?,32?,33-;;;;;;/m0....../s1. The van der Waals surface area contributed by atoms with Crippen molar-refractivity contribution in [3.8, 4) is 22.4 Å². The Morgan fingerprint density at radius 1 is 0.940 bits per heavy atom. The van der Waals surface area contributed by atoms with Crippen LogP contribution in [-0.4, -0.2) is 128 Å². The van der Waals surface area contributed by atoms with Crippen LogP contribution in [0.1, 0.15) is 127 Å². The van der Waals surface area contributed by atoms with Crippen molar-refractivity contribution in [3.05, 3.63) is 71.2 Å². The van der Waals surface area contributed by atoms with Gasteiger partial charge in [-0.3, -0.25) is 29.4 Å². The molecule has 5 heterocycles. The number of aliphatic imine (C=N–C) groups is 1. The summed E-state index contributed by atoms with van der Waals surface area (Å²) in [6.07, 6.45) is 13.9. The number of hydrogen-bond donors (Lipinski definition) is 5. The number of carbonyl (C=O) groups excluding carboxylic acids is 3. The third kappa shape index (κ3) is 14.8. The van der Waals surface area contributed by atoms with E-state index in [1.165, 1.54) is 80.7 Å². The number of hydrogen-bond acceptors (Lipinski definition) is 12. The first-order valence-electron chi connectivity index (χ1n) is 24.1. The number of nitrogens with zero attached hydrogens (tertiary/aromatic N) is 5. The van der Waals surface area contributed by atoms with Crippen LogP contribution in [0.15, 0.2) is 53.7 Å². The maximum absolute atomic E-state index is 10.1. The van der Waals surface area contributed by atoms with E-state index < -0.39 is 0 Å². The van der Waals surface area contributed by atoms with Gasteiger partial charge < -0.3 is 40.8 Å². The number of aromatic amines is 1. The number of ether oxygens (including phenoxy) is 1. The van der Waals surface area contributed by atoms with Crippen molar-refractivity contribution in [1.29, 1.82) is 0 Å². The van der Waals surface area contributed by atoms with Crippen LogP contribution in [-0.2, 0) is 30.3 Å². The summed E-state index contributed by atoms with van der Waals surface area (Å²) in [5.41, 5.74) is 15.8. The number of likely N-dealkylation sites (tertiary alicyclic amines) is 2. The lowest BCUT2D eigenvalue weighted by Crippen LogP contribution is -2.40. The first-order chi connectivity index (χ1) is 32.5. The lowest BCUT2D eigenvalue weighted by atomic mass is 9.73. The van der Waals surface area contributed by atoms with Gasteiger partial charge in [0, 0.05) is 18.9 Å². The molecule has 0 spiro atoms. The number of H-pyrrole nitrogens is 1. The number of primary amides is 1. The first-order valence-corrected chi connectivity index (χ1v) is 24.1. The Bertz CT molecular complexity index is 2140. The summed E-state index contributed by atoms with van der Waals surface area (Å²) >= 11 is 0. The summed E-state index contributed by atoms with van der Waals surface area (Å²) in [5, 5.41) is 13.5. The lowest BCUT2D eigenvalue weighted by Gasteiger charge is -2.31. The van der Waals surface area contributed by atoms with E-state index in [4.69, 9.17) is 29.7 Å². The molecule has 3 aliphatic heterocycles. The number of aromatic nitrogens is 3. The molecule has 6 N–H and O–H groups in total. The molecule has 1 amide bonds. The van der Waals surface area contributed by atoms with E-state index in [0.717, 1.165) is 60.2 Å². The molecule has 4 aromatic rings. The largest absolute Gasteiger partial charge is 0.483 e. The zero-order chi connectivity index (χ0) is 49.5. The molecule has 5 unspecified atom stereocenters. The number of benzene rings is 2. The minimum atomic E-state index is -0.250. The van der Waals surface area contributed by atoms with Crippen molar-refractivity contribution in [2.75, 3.05) is 54.5 Å². The van der Waals surface area contributed by atoms with Crippen molar-refractivity contribution in [2.24, 2.45) is 22.6 Å². The summed E-state index contributed by atoms with van der Waals surface area (Å²) in [6, 6.07) is 17.1. The molecule has 368 valence electrons. The van der Waals surface area contributed by atoms with Gasteiger partial charge in [-0.15, -0.1) is 0 Å². The highest BCUT2D eigenvalue weighted by Crippen LogP contribution is 2.56. The van der Waals surface area contributed by atoms with Gasteiger partial charge in [0.25, 0.3) is 6.47 Å². The lowest BCUT2D eigenvalue weighted by molar-refractivity contribution is -0.123. The number of rotatable bonds is 10. The van der Waals surface area contributed by atoms with E-state index in [2.05, 4.69) is 112 Å². The Kier molecular flexibility index (Phi) is 24.6. The number of aldehydes is 2. The zero-order valence-corrected chi connectivity index (χ0v) is 41.8. The van der Waals surface area contributed by atoms with Gasteiger partial charge >= 0.3 is 0 Å². The quantitative estimate of drug-likeness (QED) is 0.0968. The second-order valence-corrected chi connectivity index (χ2v) is 17.5. The van der Waals surface area contributed by atoms with E-state index in [-0.39, 0.29) is 31.6 Å². The summed E-state index contributed by atoms with van der Waals surface area (Å²) in [6.45, 7) is 15.3. The van der Waals surface area contributed by atoms with Gasteiger partial charge in [0.15, 0.2) is 0 Å². The van der Waals surface area contributed by atoms with Crippen LogP contribution in [0.5, 0.6) is 0 Å². The van der Waals surface area contributed by atoms with E-state index >= 15 is 0 Å². The molecule has 3 fully saturated rings. The van der Waals surface area contributed by atoms with Crippen LogP contribution in [0.25, 0.3) is 33.4 Å². The van der Waals surface area contributed by atoms with E-state index in [9.17, 15) is 9.59 Å². The van der Waals surface area contributed by atoms with E-state index in [1.54, 1.807) is 18.2 Å². The number of methoxy groups -OCH3 is 1. The van der Waals surface area contributed by atoms with Crippen LogP contribution in [0.3, 0.4) is 0 Å². The molecule has 15 heteroatoms.